The molecule has 0 fully saturated rings. The topological polar surface area (TPSA) is 74.1 Å². The number of esters is 1. The van der Waals surface area contributed by atoms with Gasteiger partial charge in [0.1, 0.15) is 0 Å². The summed E-state index contributed by atoms with van der Waals surface area (Å²) in [5.74, 6) is -0.314. The second-order valence-electron chi connectivity index (χ2n) is 5.75. The lowest BCUT2D eigenvalue weighted by Crippen LogP contribution is -2.14. The summed E-state index contributed by atoms with van der Waals surface area (Å²) in [6.45, 7) is 3.47. The summed E-state index contributed by atoms with van der Waals surface area (Å²) in [5, 5.41) is 4.87. The van der Waals surface area contributed by atoms with Gasteiger partial charge in [-0.15, -0.1) is 0 Å². The molecule has 3 rings (SSSR count). The maximum Gasteiger partial charge on any atom is 0.340 e. The van der Waals surface area contributed by atoms with E-state index in [9.17, 15) is 9.59 Å². The number of ketones is 1. The van der Waals surface area contributed by atoms with Gasteiger partial charge in [-0.1, -0.05) is 11.6 Å². The summed E-state index contributed by atoms with van der Waals surface area (Å²) in [7, 11) is 0. The van der Waals surface area contributed by atoms with E-state index < -0.39 is 5.97 Å². The number of ether oxygens (including phenoxy) is 1. The number of nitrogens with zero attached hydrogens (tertiary/aromatic N) is 3. The number of aromatic nitrogens is 3. The fourth-order valence-electron chi connectivity index (χ4n) is 2.43. The molecule has 0 unspecified atom stereocenters. The van der Waals surface area contributed by atoms with E-state index in [4.69, 9.17) is 16.3 Å². The van der Waals surface area contributed by atoms with Gasteiger partial charge in [-0.05, 0) is 56.3 Å². The first-order valence-corrected chi connectivity index (χ1v) is 8.27. The van der Waals surface area contributed by atoms with Crippen molar-refractivity contribution in [1.82, 2.24) is 14.8 Å². The van der Waals surface area contributed by atoms with Gasteiger partial charge in [-0.3, -0.25) is 4.79 Å². The van der Waals surface area contributed by atoms with Gasteiger partial charge in [-0.25, -0.2) is 14.5 Å². The maximum atomic E-state index is 12.1. The Balaban J connectivity index is 1.64. The van der Waals surface area contributed by atoms with Crippen molar-refractivity contribution >= 4 is 23.4 Å². The van der Waals surface area contributed by atoms with E-state index in [1.54, 1.807) is 41.1 Å². The van der Waals surface area contributed by atoms with Crippen LogP contribution in [0.3, 0.4) is 0 Å². The lowest BCUT2D eigenvalue weighted by molar-refractivity contribution is 0.0474. The van der Waals surface area contributed by atoms with Crippen molar-refractivity contribution in [3.63, 3.8) is 0 Å². The lowest BCUT2D eigenvalue weighted by Gasteiger charge is -2.06. The fourth-order valence-corrected chi connectivity index (χ4v) is 2.55. The Hall–Kier alpha value is -2.99. The van der Waals surface area contributed by atoms with Crippen molar-refractivity contribution in [2.24, 2.45) is 0 Å². The zero-order valence-corrected chi connectivity index (χ0v) is 15.0. The number of halogens is 1. The SMILES string of the molecule is Cc1cc(C)n(-c2ccc(C(=O)OCC(=O)c3ccc(Cl)cc3)cn2)n1. The Morgan fingerprint density at radius 2 is 1.77 bits per heavy atom. The summed E-state index contributed by atoms with van der Waals surface area (Å²) in [6.07, 6.45) is 1.40. The Kier molecular flexibility index (Phi) is 5.14. The highest BCUT2D eigenvalue weighted by Gasteiger charge is 2.13. The zero-order valence-electron chi connectivity index (χ0n) is 14.3. The molecule has 0 saturated heterocycles. The first-order valence-electron chi connectivity index (χ1n) is 7.89. The molecule has 132 valence electrons. The molecule has 26 heavy (non-hydrogen) atoms. The molecule has 1 aromatic carbocycles. The highest BCUT2D eigenvalue weighted by atomic mass is 35.5. The van der Waals surface area contributed by atoms with Crippen LogP contribution < -0.4 is 0 Å². The third-order valence-corrected chi connectivity index (χ3v) is 3.96. The van der Waals surface area contributed by atoms with Crippen molar-refractivity contribution in [3.8, 4) is 5.82 Å². The summed E-state index contributed by atoms with van der Waals surface area (Å²) < 4.78 is 6.75. The minimum absolute atomic E-state index is 0.263. The Labute approximate surface area is 155 Å². The van der Waals surface area contributed by atoms with Crippen LogP contribution in [0.2, 0.25) is 5.02 Å². The van der Waals surface area contributed by atoms with E-state index in [1.807, 2.05) is 19.9 Å². The first kappa shape index (κ1) is 17.8. The van der Waals surface area contributed by atoms with Crippen molar-refractivity contribution in [2.75, 3.05) is 6.61 Å². The fraction of sp³-hybridized carbons (Fsp3) is 0.158. The third-order valence-electron chi connectivity index (χ3n) is 3.71. The highest BCUT2D eigenvalue weighted by Crippen LogP contribution is 2.12. The first-order chi connectivity index (χ1) is 12.4. The van der Waals surface area contributed by atoms with Crippen LogP contribution in [0.1, 0.15) is 32.1 Å². The maximum absolute atomic E-state index is 12.1. The van der Waals surface area contributed by atoms with Crippen LogP contribution in [-0.2, 0) is 4.74 Å². The second kappa shape index (κ2) is 7.49. The molecule has 0 amide bonds. The molecular formula is C19H16ClN3O3. The van der Waals surface area contributed by atoms with Crippen LogP contribution in [0.25, 0.3) is 5.82 Å². The molecule has 0 N–H and O–H groups in total. The van der Waals surface area contributed by atoms with Crippen LogP contribution in [0.4, 0.5) is 0 Å². The minimum atomic E-state index is -0.611. The van der Waals surface area contributed by atoms with Crippen LogP contribution in [0.15, 0.2) is 48.7 Å². The number of hydrogen-bond donors (Lipinski definition) is 0. The summed E-state index contributed by atoms with van der Waals surface area (Å²) in [5.41, 5.74) is 2.52. The Morgan fingerprint density at radius 3 is 2.35 bits per heavy atom. The average molecular weight is 370 g/mol. The smallest absolute Gasteiger partial charge is 0.340 e. The van der Waals surface area contributed by atoms with E-state index >= 15 is 0 Å². The molecule has 2 aromatic heterocycles. The molecule has 7 heteroatoms. The van der Waals surface area contributed by atoms with Gasteiger partial charge >= 0.3 is 5.97 Å². The molecule has 0 aliphatic carbocycles. The number of hydrogen-bond acceptors (Lipinski definition) is 5. The predicted octanol–water partition coefficient (Wildman–Crippen LogP) is 3.58. The normalized spacial score (nSPS) is 10.6. The van der Waals surface area contributed by atoms with Crippen LogP contribution in [-0.4, -0.2) is 33.1 Å². The largest absolute Gasteiger partial charge is 0.454 e. The molecular weight excluding hydrogens is 354 g/mol. The minimum Gasteiger partial charge on any atom is -0.454 e. The summed E-state index contributed by atoms with van der Waals surface area (Å²) >= 11 is 5.78. The van der Waals surface area contributed by atoms with Crippen molar-refractivity contribution in [3.05, 3.63) is 76.2 Å². The van der Waals surface area contributed by atoms with E-state index in [-0.39, 0.29) is 18.0 Å². The Morgan fingerprint density at radius 1 is 1.08 bits per heavy atom. The van der Waals surface area contributed by atoms with E-state index in [2.05, 4.69) is 10.1 Å². The molecule has 0 saturated carbocycles. The molecule has 0 spiro atoms. The molecule has 2 heterocycles. The monoisotopic (exact) mass is 369 g/mol. The summed E-state index contributed by atoms with van der Waals surface area (Å²) in [4.78, 5) is 28.4. The van der Waals surface area contributed by atoms with E-state index in [0.29, 0.717) is 16.4 Å². The Bertz CT molecular complexity index is 947. The third kappa shape index (κ3) is 3.97. The van der Waals surface area contributed by atoms with Crippen molar-refractivity contribution < 1.29 is 14.3 Å². The molecule has 0 atom stereocenters. The zero-order chi connectivity index (χ0) is 18.7. The standard InChI is InChI=1S/C19H16ClN3O3/c1-12-9-13(2)23(22-12)18-8-5-15(10-21-18)19(25)26-11-17(24)14-3-6-16(20)7-4-14/h3-10H,11H2,1-2H3. The number of Topliss-reactive ketones (excluding diaryl/α,β-unsaturated/α-hetero) is 1. The summed E-state index contributed by atoms with van der Waals surface area (Å²) in [6, 6.07) is 11.6. The van der Waals surface area contributed by atoms with Crippen LogP contribution in [0, 0.1) is 13.8 Å². The van der Waals surface area contributed by atoms with E-state index in [1.165, 1.54) is 6.20 Å². The highest BCUT2D eigenvalue weighted by molar-refractivity contribution is 6.30. The number of rotatable bonds is 5. The average Bonchev–Trinajstić information content (AvgIpc) is 2.98. The molecule has 0 aliphatic rings. The number of carbonyl (C=O) groups excluding carboxylic acids is 2. The van der Waals surface area contributed by atoms with Crippen LogP contribution >= 0.6 is 11.6 Å². The van der Waals surface area contributed by atoms with E-state index in [0.717, 1.165) is 11.4 Å². The van der Waals surface area contributed by atoms with Gasteiger partial charge in [0.15, 0.2) is 18.2 Å². The molecule has 0 radical (unpaired) electrons. The van der Waals surface area contributed by atoms with Gasteiger partial charge in [0, 0.05) is 22.5 Å². The quantitative estimate of drug-likeness (QED) is 0.507. The second-order valence-corrected chi connectivity index (χ2v) is 6.19. The van der Waals surface area contributed by atoms with Crippen LogP contribution in [0.5, 0.6) is 0 Å². The molecule has 3 aromatic rings. The van der Waals surface area contributed by atoms with Gasteiger partial charge in [0.25, 0.3) is 0 Å². The van der Waals surface area contributed by atoms with Crippen molar-refractivity contribution in [1.29, 1.82) is 0 Å². The number of pyridine rings is 1. The van der Waals surface area contributed by atoms with Crippen molar-refractivity contribution in [2.45, 2.75) is 13.8 Å². The van der Waals surface area contributed by atoms with Gasteiger partial charge in [-0.2, -0.15) is 5.10 Å². The van der Waals surface area contributed by atoms with Gasteiger partial charge in [0.2, 0.25) is 0 Å². The molecule has 0 bridgehead atoms. The molecule has 0 aliphatic heterocycles. The molecule has 6 nitrogen and oxygen atoms in total. The van der Waals surface area contributed by atoms with Gasteiger partial charge < -0.3 is 4.74 Å². The van der Waals surface area contributed by atoms with Gasteiger partial charge in [0.05, 0.1) is 11.3 Å². The number of benzene rings is 1. The lowest BCUT2D eigenvalue weighted by atomic mass is 10.1. The predicted molar refractivity (Wildman–Crippen MR) is 96.9 cm³/mol. The number of carbonyl (C=O) groups is 2. The number of aryl methyl sites for hydroxylation is 2.